The summed E-state index contributed by atoms with van der Waals surface area (Å²) in [5.41, 5.74) is 0.747. The Bertz CT molecular complexity index is 331. The van der Waals surface area contributed by atoms with Crippen molar-refractivity contribution in [2.45, 2.75) is 25.0 Å². The highest BCUT2D eigenvalue weighted by Crippen LogP contribution is 2.29. The second kappa shape index (κ2) is 4.20. The smallest absolute Gasteiger partial charge is 0.162 e. The molecule has 2 N–H and O–H groups in total. The van der Waals surface area contributed by atoms with Gasteiger partial charge in [0, 0.05) is 13.1 Å². The maximum atomic E-state index is 10.2. The molecule has 15 heavy (non-hydrogen) atoms. The first-order valence-electron chi connectivity index (χ1n) is 5.21. The molecule has 0 spiro atoms. The molecule has 1 aromatic heterocycles. The van der Waals surface area contributed by atoms with E-state index in [1.807, 2.05) is 7.05 Å². The number of aromatic nitrogens is 2. The predicted octanol–water partition coefficient (Wildman–Crippen LogP) is 0.214. The molecule has 2 rings (SSSR count). The van der Waals surface area contributed by atoms with Crippen molar-refractivity contribution in [3.63, 3.8) is 0 Å². The number of nitrogens with one attached hydrogen (secondary N) is 1. The summed E-state index contributed by atoms with van der Waals surface area (Å²) in [5.74, 6) is 0.652. The minimum Gasteiger partial charge on any atom is -0.493 e. The van der Waals surface area contributed by atoms with Gasteiger partial charge in [0.1, 0.15) is 11.8 Å². The molecule has 2 heterocycles. The summed E-state index contributed by atoms with van der Waals surface area (Å²) in [5, 5.41) is 17.6. The van der Waals surface area contributed by atoms with Gasteiger partial charge >= 0.3 is 0 Å². The minimum atomic E-state index is -0.546. The topological polar surface area (TPSA) is 59.3 Å². The maximum Gasteiger partial charge on any atom is 0.162 e. The van der Waals surface area contributed by atoms with E-state index < -0.39 is 6.10 Å². The van der Waals surface area contributed by atoms with Gasteiger partial charge < -0.3 is 15.2 Å². The summed E-state index contributed by atoms with van der Waals surface area (Å²) in [4.78, 5) is 0. The van der Waals surface area contributed by atoms with Crippen molar-refractivity contribution in [2.75, 3.05) is 13.7 Å². The largest absolute Gasteiger partial charge is 0.493 e. The summed E-state index contributed by atoms with van der Waals surface area (Å²) in [7, 11) is 3.41. The zero-order chi connectivity index (χ0) is 10.8. The number of ether oxygens (including phenoxy) is 1. The number of aryl methyl sites for hydroxylation is 1. The molecule has 0 amide bonds. The fraction of sp³-hybridized carbons (Fsp3) is 0.700. The molecular formula is C10H17N3O2. The van der Waals surface area contributed by atoms with Crippen molar-refractivity contribution >= 4 is 0 Å². The van der Waals surface area contributed by atoms with Crippen LogP contribution in [-0.2, 0) is 7.05 Å². The van der Waals surface area contributed by atoms with Crippen LogP contribution in [0.3, 0.4) is 0 Å². The molecule has 2 unspecified atom stereocenters. The summed E-state index contributed by atoms with van der Waals surface area (Å²) in [6.07, 6.45) is 3.19. The van der Waals surface area contributed by atoms with Gasteiger partial charge in [-0.2, -0.15) is 5.10 Å². The Kier molecular flexibility index (Phi) is 2.93. The molecule has 1 fully saturated rings. The number of rotatable bonds is 3. The van der Waals surface area contributed by atoms with Crippen LogP contribution in [0.4, 0.5) is 0 Å². The first-order valence-corrected chi connectivity index (χ1v) is 5.21. The van der Waals surface area contributed by atoms with E-state index in [1.165, 1.54) is 0 Å². The van der Waals surface area contributed by atoms with Crippen LogP contribution in [0.2, 0.25) is 0 Å². The fourth-order valence-corrected chi connectivity index (χ4v) is 2.09. The van der Waals surface area contributed by atoms with E-state index >= 15 is 0 Å². The van der Waals surface area contributed by atoms with E-state index in [0.29, 0.717) is 5.75 Å². The number of nitrogens with zero attached hydrogens (tertiary/aromatic N) is 2. The van der Waals surface area contributed by atoms with E-state index in [4.69, 9.17) is 4.74 Å². The number of hydrogen-bond acceptors (Lipinski definition) is 4. The predicted molar refractivity (Wildman–Crippen MR) is 55.7 cm³/mol. The van der Waals surface area contributed by atoms with Crippen molar-refractivity contribution in [1.82, 2.24) is 15.1 Å². The van der Waals surface area contributed by atoms with E-state index in [2.05, 4.69) is 10.4 Å². The van der Waals surface area contributed by atoms with Gasteiger partial charge in [0.25, 0.3) is 0 Å². The second-order valence-corrected chi connectivity index (χ2v) is 3.87. The van der Waals surface area contributed by atoms with E-state index in [0.717, 1.165) is 25.1 Å². The average molecular weight is 211 g/mol. The Morgan fingerprint density at radius 2 is 2.53 bits per heavy atom. The van der Waals surface area contributed by atoms with Gasteiger partial charge in [0.05, 0.1) is 13.3 Å². The van der Waals surface area contributed by atoms with Crippen LogP contribution in [0, 0.1) is 0 Å². The molecule has 0 radical (unpaired) electrons. The Morgan fingerprint density at radius 3 is 3.13 bits per heavy atom. The van der Waals surface area contributed by atoms with Crippen LogP contribution in [-0.4, -0.2) is 34.6 Å². The molecule has 1 saturated heterocycles. The lowest BCUT2D eigenvalue weighted by molar-refractivity contribution is 0.125. The van der Waals surface area contributed by atoms with Gasteiger partial charge in [-0.15, -0.1) is 0 Å². The van der Waals surface area contributed by atoms with Gasteiger partial charge in [-0.05, 0) is 19.4 Å². The quantitative estimate of drug-likeness (QED) is 0.750. The minimum absolute atomic E-state index is 0.120. The monoisotopic (exact) mass is 211 g/mol. The normalized spacial score (nSPS) is 23.0. The Hall–Kier alpha value is -1.07. The van der Waals surface area contributed by atoms with Gasteiger partial charge in [-0.1, -0.05) is 0 Å². The van der Waals surface area contributed by atoms with E-state index in [1.54, 1.807) is 18.0 Å². The molecule has 0 aromatic carbocycles. The molecule has 2 atom stereocenters. The lowest BCUT2D eigenvalue weighted by Gasteiger charge is -2.19. The van der Waals surface area contributed by atoms with Crippen LogP contribution in [0.5, 0.6) is 5.75 Å². The third kappa shape index (κ3) is 1.85. The highest BCUT2D eigenvalue weighted by Gasteiger charge is 2.28. The van der Waals surface area contributed by atoms with Crippen LogP contribution in [0.15, 0.2) is 6.20 Å². The molecular weight excluding hydrogens is 194 g/mol. The van der Waals surface area contributed by atoms with Crippen molar-refractivity contribution < 1.29 is 9.84 Å². The molecule has 1 aliphatic rings. The zero-order valence-corrected chi connectivity index (χ0v) is 9.10. The summed E-state index contributed by atoms with van der Waals surface area (Å²) >= 11 is 0. The van der Waals surface area contributed by atoms with Gasteiger partial charge in [-0.25, -0.2) is 0 Å². The number of aliphatic hydroxyl groups is 1. The summed E-state index contributed by atoms with van der Waals surface area (Å²) < 4.78 is 6.85. The number of aliphatic hydroxyl groups excluding tert-OH is 1. The molecule has 1 aromatic rings. The molecule has 5 heteroatoms. The first-order chi connectivity index (χ1) is 7.24. The fourth-order valence-electron chi connectivity index (χ4n) is 2.09. The van der Waals surface area contributed by atoms with E-state index in [-0.39, 0.29) is 6.04 Å². The highest BCUT2D eigenvalue weighted by atomic mass is 16.5. The first kappa shape index (κ1) is 10.4. The van der Waals surface area contributed by atoms with Gasteiger partial charge in [0.15, 0.2) is 5.75 Å². The van der Waals surface area contributed by atoms with Crippen molar-refractivity contribution in [3.05, 3.63) is 11.9 Å². The molecule has 0 aliphatic carbocycles. The SMILES string of the molecule is COc1cnn(C)c1C(O)C1CCCN1. The third-order valence-corrected chi connectivity index (χ3v) is 2.93. The zero-order valence-electron chi connectivity index (χ0n) is 9.10. The Labute approximate surface area is 89.0 Å². The highest BCUT2D eigenvalue weighted by molar-refractivity contribution is 5.28. The van der Waals surface area contributed by atoms with Crippen molar-refractivity contribution in [2.24, 2.45) is 7.05 Å². The van der Waals surface area contributed by atoms with Crippen molar-refractivity contribution in [3.8, 4) is 5.75 Å². The van der Waals surface area contributed by atoms with Gasteiger partial charge in [0.2, 0.25) is 0 Å². The van der Waals surface area contributed by atoms with Crippen LogP contribution >= 0.6 is 0 Å². The molecule has 84 valence electrons. The number of methoxy groups -OCH3 is 1. The van der Waals surface area contributed by atoms with Crippen LogP contribution in [0.1, 0.15) is 24.6 Å². The molecule has 0 saturated carbocycles. The Balaban J connectivity index is 2.22. The average Bonchev–Trinajstić information content (AvgIpc) is 2.85. The third-order valence-electron chi connectivity index (χ3n) is 2.93. The molecule has 1 aliphatic heterocycles. The van der Waals surface area contributed by atoms with E-state index in [9.17, 15) is 5.11 Å². The summed E-state index contributed by atoms with van der Waals surface area (Å²) in [6.45, 7) is 0.974. The summed E-state index contributed by atoms with van der Waals surface area (Å²) in [6, 6.07) is 0.120. The lowest BCUT2D eigenvalue weighted by atomic mass is 10.1. The lowest BCUT2D eigenvalue weighted by Crippen LogP contribution is -2.30. The second-order valence-electron chi connectivity index (χ2n) is 3.87. The standard InChI is InChI=1S/C10H17N3O2/c1-13-9(8(15-2)6-12-13)10(14)7-4-3-5-11-7/h6-7,10-11,14H,3-5H2,1-2H3. The van der Waals surface area contributed by atoms with Crippen LogP contribution < -0.4 is 10.1 Å². The van der Waals surface area contributed by atoms with Gasteiger partial charge in [-0.3, -0.25) is 4.68 Å². The number of hydrogen-bond donors (Lipinski definition) is 2. The molecule has 5 nitrogen and oxygen atoms in total. The maximum absolute atomic E-state index is 10.2. The molecule has 0 bridgehead atoms. The van der Waals surface area contributed by atoms with Crippen LogP contribution in [0.25, 0.3) is 0 Å². The van der Waals surface area contributed by atoms with Crippen molar-refractivity contribution in [1.29, 1.82) is 0 Å². The Morgan fingerprint density at radius 1 is 1.73 bits per heavy atom.